The lowest BCUT2D eigenvalue weighted by molar-refractivity contribution is -0.394. The third-order valence-electron chi connectivity index (χ3n) is 7.62. The molecule has 0 aromatic heterocycles. The molecule has 1 saturated carbocycles. The van der Waals surface area contributed by atoms with Crippen molar-refractivity contribution in [3.63, 3.8) is 0 Å². The molecular formula is C24H20N2O5. The van der Waals surface area contributed by atoms with Gasteiger partial charge in [0.25, 0.3) is 11.4 Å². The maximum atomic E-state index is 11.5. The minimum atomic E-state index is -0.621. The van der Waals surface area contributed by atoms with Crippen molar-refractivity contribution >= 4 is 11.4 Å². The van der Waals surface area contributed by atoms with E-state index in [1.54, 1.807) is 0 Å². The molecule has 1 fully saturated rings. The average Bonchev–Trinajstić information content (AvgIpc) is 3.34. The minimum absolute atomic E-state index is 0.0241. The maximum Gasteiger partial charge on any atom is 0.281 e. The highest BCUT2D eigenvalue weighted by molar-refractivity contribution is 5.50. The molecule has 7 heteroatoms. The fourth-order valence-electron chi connectivity index (χ4n) is 6.50. The van der Waals surface area contributed by atoms with Crippen LogP contribution in [0.25, 0.3) is 0 Å². The van der Waals surface area contributed by atoms with E-state index in [0.29, 0.717) is 29.2 Å². The zero-order valence-electron chi connectivity index (χ0n) is 16.5. The molecule has 0 heterocycles. The predicted octanol–water partition coefficient (Wildman–Crippen LogP) is 4.89. The summed E-state index contributed by atoms with van der Waals surface area (Å²) < 4.78 is 6.32. The Morgan fingerprint density at radius 3 is 1.97 bits per heavy atom. The van der Waals surface area contributed by atoms with E-state index in [0.717, 1.165) is 6.07 Å². The van der Waals surface area contributed by atoms with E-state index < -0.39 is 9.85 Å². The van der Waals surface area contributed by atoms with E-state index in [4.69, 9.17) is 4.74 Å². The lowest BCUT2D eigenvalue weighted by atomic mass is 9.57. The molecular weight excluding hydrogens is 396 g/mol. The maximum absolute atomic E-state index is 11.5. The summed E-state index contributed by atoms with van der Waals surface area (Å²) in [6.45, 7) is 0.0722. The number of rotatable bonds is 5. The van der Waals surface area contributed by atoms with Gasteiger partial charge in [-0.3, -0.25) is 20.2 Å². The molecule has 2 aromatic rings. The largest absolute Gasteiger partial charge is 0.372 e. The third kappa shape index (κ3) is 2.56. The van der Waals surface area contributed by atoms with Crippen LogP contribution in [-0.2, 0) is 11.3 Å². The molecule has 0 N–H and O–H groups in total. The second-order valence-corrected chi connectivity index (χ2v) is 8.86. The molecule has 5 aliphatic carbocycles. The van der Waals surface area contributed by atoms with Gasteiger partial charge in [-0.2, -0.15) is 0 Å². The molecule has 6 atom stereocenters. The zero-order valence-corrected chi connectivity index (χ0v) is 16.5. The molecule has 2 aromatic carbocycles. The molecule has 0 saturated heterocycles. The fraction of sp³-hybridized carbons (Fsp3) is 0.333. The number of nitro benzene ring substituents is 2. The van der Waals surface area contributed by atoms with Gasteiger partial charge in [-0.05, 0) is 29.0 Å². The summed E-state index contributed by atoms with van der Waals surface area (Å²) in [6.07, 6.45) is 9.20. The van der Waals surface area contributed by atoms with Gasteiger partial charge in [-0.25, -0.2) is 0 Å². The molecule has 31 heavy (non-hydrogen) atoms. The fourth-order valence-corrected chi connectivity index (χ4v) is 6.50. The summed E-state index contributed by atoms with van der Waals surface area (Å²) in [5.41, 5.74) is 2.65. The van der Waals surface area contributed by atoms with Crippen LogP contribution in [0.15, 0.2) is 66.8 Å². The first-order valence-electron chi connectivity index (χ1n) is 10.5. The lowest BCUT2D eigenvalue weighted by Gasteiger charge is -2.46. The number of benzene rings is 2. The molecule has 0 radical (unpaired) electrons. The van der Waals surface area contributed by atoms with Crippen molar-refractivity contribution in [2.24, 2.45) is 23.7 Å². The van der Waals surface area contributed by atoms with Gasteiger partial charge < -0.3 is 4.74 Å². The first-order valence-corrected chi connectivity index (χ1v) is 10.5. The Hall–Kier alpha value is -3.32. The van der Waals surface area contributed by atoms with Crippen molar-refractivity contribution in [3.05, 3.63) is 104 Å². The van der Waals surface area contributed by atoms with Crippen LogP contribution < -0.4 is 0 Å². The van der Waals surface area contributed by atoms with E-state index in [9.17, 15) is 20.2 Å². The highest BCUT2D eigenvalue weighted by Crippen LogP contribution is 2.65. The molecule has 7 nitrogen and oxygen atoms in total. The van der Waals surface area contributed by atoms with E-state index >= 15 is 0 Å². The number of hydrogen-bond acceptors (Lipinski definition) is 5. The highest BCUT2D eigenvalue weighted by Gasteiger charge is 2.60. The van der Waals surface area contributed by atoms with Crippen LogP contribution in [0.2, 0.25) is 0 Å². The average molecular weight is 416 g/mol. The number of non-ortho nitro benzene ring substituents is 1. The molecule has 6 unspecified atom stereocenters. The first-order chi connectivity index (χ1) is 15.0. The quantitative estimate of drug-likeness (QED) is 0.393. The Labute approximate surface area is 178 Å². The van der Waals surface area contributed by atoms with Crippen molar-refractivity contribution in [2.75, 3.05) is 0 Å². The minimum Gasteiger partial charge on any atom is -0.372 e. The Morgan fingerprint density at radius 1 is 0.806 bits per heavy atom. The topological polar surface area (TPSA) is 95.5 Å². The normalized spacial score (nSPS) is 33.4. The zero-order chi connectivity index (χ0) is 21.3. The van der Waals surface area contributed by atoms with E-state index in [1.807, 2.05) is 0 Å². The highest BCUT2D eigenvalue weighted by atomic mass is 16.6. The van der Waals surface area contributed by atoms with Crippen LogP contribution >= 0.6 is 0 Å². The number of allylic oxidation sites excluding steroid dienone is 2. The van der Waals surface area contributed by atoms with Crippen LogP contribution in [-0.4, -0.2) is 16.0 Å². The summed E-state index contributed by atoms with van der Waals surface area (Å²) in [5, 5.41) is 22.5. The van der Waals surface area contributed by atoms with Gasteiger partial charge in [0.2, 0.25) is 0 Å². The van der Waals surface area contributed by atoms with Gasteiger partial charge in [0, 0.05) is 29.7 Å². The Balaban J connectivity index is 1.27. The van der Waals surface area contributed by atoms with Crippen LogP contribution in [0, 0.1) is 43.9 Å². The standard InChI is InChI=1S/C24H20N2O5/c27-25(28)14-6-5-13(21(11-14)26(29)30)12-31-24-19-9-10-20(24)23-18-8-7-17(22(19)23)15-3-1-2-4-16(15)18/h1-11,17-20,22-24H,12H2. The second kappa shape index (κ2) is 6.59. The van der Waals surface area contributed by atoms with E-state index in [-0.39, 0.29) is 35.9 Å². The molecule has 156 valence electrons. The van der Waals surface area contributed by atoms with Gasteiger partial charge >= 0.3 is 0 Å². The number of hydrogen-bond donors (Lipinski definition) is 0. The van der Waals surface area contributed by atoms with Crippen molar-refractivity contribution in [1.29, 1.82) is 0 Å². The molecule has 4 bridgehead atoms. The number of nitrogens with zero attached hydrogens (tertiary/aromatic N) is 2. The smallest absolute Gasteiger partial charge is 0.281 e. The van der Waals surface area contributed by atoms with Gasteiger partial charge in [0.15, 0.2) is 0 Å². The number of fused-ring (bicyclic) bond motifs is 2. The third-order valence-corrected chi connectivity index (χ3v) is 7.62. The molecule has 5 aliphatic rings. The van der Waals surface area contributed by atoms with Crippen LogP contribution in [0.5, 0.6) is 0 Å². The summed E-state index contributed by atoms with van der Waals surface area (Å²) in [5.74, 6) is 2.28. The summed E-state index contributed by atoms with van der Waals surface area (Å²) in [6, 6.07) is 12.4. The molecule has 0 amide bonds. The van der Waals surface area contributed by atoms with Crippen molar-refractivity contribution in [1.82, 2.24) is 0 Å². The summed E-state index contributed by atoms with van der Waals surface area (Å²) in [4.78, 5) is 21.3. The van der Waals surface area contributed by atoms with Crippen LogP contribution in [0.4, 0.5) is 11.4 Å². The van der Waals surface area contributed by atoms with E-state index in [1.165, 1.54) is 23.3 Å². The summed E-state index contributed by atoms with van der Waals surface area (Å²) >= 11 is 0. The Bertz CT molecular complexity index is 1120. The monoisotopic (exact) mass is 416 g/mol. The first kappa shape index (κ1) is 18.4. The van der Waals surface area contributed by atoms with Gasteiger partial charge in [0.05, 0.1) is 34.2 Å². The SMILES string of the molecule is O=[N+]([O-])c1ccc(COC2C3C=CC2C2C4C=CC(c5ccccc54)C32)c([N+](=O)[O-])c1. The van der Waals surface area contributed by atoms with Gasteiger partial charge in [-0.1, -0.05) is 48.6 Å². The van der Waals surface area contributed by atoms with E-state index in [2.05, 4.69) is 48.6 Å². The van der Waals surface area contributed by atoms with Gasteiger partial charge in [0.1, 0.15) is 0 Å². The lowest BCUT2D eigenvalue weighted by Crippen LogP contribution is -2.37. The Kier molecular flexibility index (Phi) is 3.92. The second-order valence-electron chi connectivity index (χ2n) is 8.86. The van der Waals surface area contributed by atoms with Crippen molar-refractivity contribution in [2.45, 2.75) is 24.5 Å². The van der Waals surface area contributed by atoms with Crippen molar-refractivity contribution < 1.29 is 14.6 Å². The predicted molar refractivity (Wildman–Crippen MR) is 112 cm³/mol. The molecule has 7 rings (SSSR count). The Morgan fingerprint density at radius 2 is 1.42 bits per heavy atom. The number of nitro groups is 2. The van der Waals surface area contributed by atoms with Crippen LogP contribution in [0.3, 0.4) is 0 Å². The van der Waals surface area contributed by atoms with Gasteiger partial charge in [-0.15, -0.1) is 0 Å². The molecule has 0 spiro atoms. The number of ether oxygens (including phenoxy) is 1. The molecule has 0 aliphatic heterocycles. The van der Waals surface area contributed by atoms with Crippen molar-refractivity contribution in [3.8, 4) is 0 Å². The summed E-state index contributed by atoms with van der Waals surface area (Å²) in [7, 11) is 0. The van der Waals surface area contributed by atoms with Crippen LogP contribution in [0.1, 0.15) is 28.5 Å².